The van der Waals surface area contributed by atoms with Gasteiger partial charge >= 0.3 is 5.97 Å². The number of nitrogens with zero attached hydrogens (tertiary/aromatic N) is 2. The lowest BCUT2D eigenvalue weighted by atomic mass is 10.1. The Hall–Kier alpha value is -3.92. The van der Waals surface area contributed by atoms with Crippen LogP contribution in [0.3, 0.4) is 0 Å². The zero-order chi connectivity index (χ0) is 25.7. The van der Waals surface area contributed by atoms with Crippen LogP contribution < -0.4 is 19.7 Å². The predicted molar refractivity (Wildman–Crippen MR) is 134 cm³/mol. The number of esters is 1. The van der Waals surface area contributed by atoms with Gasteiger partial charge in [-0.3, -0.25) is 14.5 Å². The number of ether oxygens (including phenoxy) is 3. The van der Waals surface area contributed by atoms with Crippen molar-refractivity contribution in [2.45, 2.75) is 34.3 Å². The number of aryl methyl sites for hydroxylation is 2. The number of benzene rings is 2. The van der Waals surface area contributed by atoms with Crippen molar-refractivity contribution in [2.75, 3.05) is 24.4 Å². The maximum atomic E-state index is 12.9. The summed E-state index contributed by atoms with van der Waals surface area (Å²) in [6.07, 6.45) is 0. The first-order valence-corrected chi connectivity index (χ1v) is 11.6. The molecule has 0 aliphatic carbocycles. The summed E-state index contributed by atoms with van der Waals surface area (Å²) in [5, 5.41) is 4.80. The smallest absolute Gasteiger partial charge is 0.340 e. The predicted octanol–water partition coefficient (Wildman–Crippen LogP) is 4.78. The standard InChI is InChI=1S/C25H27N3O6S/c1-14-7-8-21(15(2)9-14)28(17(4)30)25-27-18(13-35-25)12-34-24(31)19-10-22(32-5)23(33-6)11-20(19)26-16(3)29/h7-11,13H,12H2,1-6H3,(H,26,29). The van der Waals surface area contributed by atoms with E-state index in [9.17, 15) is 14.4 Å². The van der Waals surface area contributed by atoms with Crippen LogP contribution in [0.1, 0.15) is 41.0 Å². The maximum absolute atomic E-state index is 12.9. The van der Waals surface area contributed by atoms with Gasteiger partial charge in [0.05, 0.1) is 36.9 Å². The van der Waals surface area contributed by atoms with E-state index in [1.165, 1.54) is 56.4 Å². The van der Waals surface area contributed by atoms with Gasteiger partial charge in [-0.25, -0.2) is 9.78 Å². The molecule has 0 spiro atoms. The summed E-state index contributed by atoms with van der Waals surface area (Å²) in [5.41, 5.74) is 3.60. The van der Waals surface area contributed by atoms with E-state index in [-0.39, 0.29) is 29.7 Å². The fourth-order valence-electron chi connectivity index (χ4n) is 3.49. The van der Waals surface area contributed by atoms with Crippen molar-refractivity contribution in [1.29, 1.82) is 0 Å². The summed E-state index contributed by atoms with van der Waals surface area (Å²) in [6, 6.07) is 8.75. The Balaban J connectivity index is 1.82. The normalized spacial score (nSPS) is 10.5. The van der Waals surface area contributed by atoms with E-state index in [1.54, 1.807) is 5.38 Å². The third kappa shape index (κ3) is 5.96. The van der Waals surface area contributed by atoms with E-state index in [0.717, 1.165) is 16.8 Å². The highest BCUT2D eigenvalue weighted by Crippen LogP contribution is 2.35. The molecule has 9 nitrogen and oxygen atoms in total. The van der Waals surface area contributed by atoms with Crippen molar-refractivity contribution >= 4 is 45.6 Å². The van der Waals surface area contributed by atoms with Crippen LogP contribution in [-0.2, 0) is 20.9 Å². The molecule has 0 aliphatic heterocycles. The van der Waals surface area contributed by atoms with Crippen molar-refractivity contribution < 1.29 is 28.6 Å². The maximum Gasteiger partial charge on any atom is 0.340 e. The Labute approximate surface area is 207 Å². The summed E-state index contributed by atoms with van der Waals surface area (Å²) >= 11 is 1.27. The minimum Gasteiger partial charge on any atom is -0.493 e. The molecule has 1 N–H and O–H groups in total. The van der Waals surface area contributed by atoms with Crippen LogP contribution in [-0.4, -0.2) is 37.0 Å². The Kier molecular flexibility index (Phi) is 8.08. The number of anilines is 3. The number of thiazole rings is 1. The molecule has 2 amide bonds. The van der Waals surface area contributed by atoms with Gasteiger partial charge < -0.3 is 19.5 Å². The molecule has 0 saturated heterocycles. The van der Waals surface area contributed by atoms with Gasteiger partial charge in [0.2, 0.25) is 11.8 Å². The summed E-state index contributed by atoms with van der Waals surface area (Å²) in [6.45, 7) is 6.60. The summed E-state index contributed by atoms with van der Waals surface area (Å²) in [7, 11) is 2.90. The van der Waals surface area contributed by atoms with Crippen LogP contribution in [0.4, 0.5) is 16.5 Å². The second-order valence-corrected chi connectivity index (χ2v) is 8.61. The highest BCUT2D eigenvalue weighted by atomic mass is 32.1. The molecule has 2 aromatic carbocycles. The fourth-order valence-corrected chi connectivity index (χ4v) is 4.35. The molecule has 10 heteroatoms. The highest BCUT2D eigenvalue weighted by molar-refractivity contribution is 7.14. The van der Waals surface area contributed by atoms with Crippen LogP contribution in [0.2, 0.25) is 0 Å². The molecule has 0 aliphatic rings. The molecule has 0 unspecified atom stereocenters. The SMILES string of the molecule is COc1cc(NC(C)=O)c(C(=O)OCc2csc(N(C(C)=O)c3ccc(C)cc3C)n2)cc1OC. The second kappa shape index (κ2) is 11.0. The number of amides is 2. The summed E-state index contributed by atoms with van der Waals surface area (Å²) < 4.78 is 16.0. The summed E-state index contributed by atoms with van der Waals surface area (Å²) in [5.74, 6) is -0.545. The molecule has 184 valence electrons. The van der Waals surface area contributed by atoms with Gasteiger partial charge in [0, 0.05) is 31.4 Å². The van der Waals surface area contributed by atoms with Crippen molar-refractivity contribution in [1.82, 2.24) is 4.98 Å². The van der Waals surface area contributed by atoms with Gasteiger partial charge in [0.15, 0.2) is 16.6 Å². The van der Waals surface area contributed by atoms with Crippen LogP contribution >= 0.6 is 11.3 Å². The molecule has 0 bridgehead atoms. The number of methoxy groups -OCH3 is 2. The monoisotopic (exact) mass is 497 g/mol. The molecule has 0 atom stereocenters. The molecule has 1 aromatic heterocycles. The van der Waals surface area contributed by atoms with E-state index >= 15 is 0 Å². The first kappa shape index (κ1) is 25.7. The van der Waals surface area contributed by atoms with Crippen molar-refractivity contribution in [3.8, 4) is 11.5 Å². The zero-order valence-electron chi connectivity index (χ0n) is 20.4. The van der Waals surface area contributed by atoms with Crippen LogP contribution in [0.15, 0.2) is 35.7 Å². The molecular formula is C25H27N3O6S. The van der Waals surface area contributed by atoms with Crippen LogP contribution in [0.25, 0.3) is 0 Å². The summed E-state index contributed by atoms with van der Waals surface area (Å²) in [4.78, 5) is 43.0. The lowest BCUT2D eigenvalue weighted by molar-refractivity contribution is -0.116. The van der Waals surface area contributed by atoms with Crippen molar-refractivity contribution in [2.24, 2.45) is 0 Å². The van der Waals surface area contributed by atoms with Crippen molar-refractivity contribution in [3.05, 3.63) is 58.1 Å². The topological polar surface area (TPSA) is 107 Å². The molecule has 0 fully saturated rings. The van der Waals surface area contributed by atoms with Gasteiger partial charge in [0.25, 0.3) is 0 Å². The molecule has 0 radical (unpaired) electrons. The second-order valence-electron chi connectivity index (χ2n) is 7.78. The molecule has 0 saturated carbocycles. The van der Waals surface area contributed by atoms with Gasteiger partial charge in [-0.1, -0.05) is 17.7 Å². The first-order valence-electron chi connectivity index (χ1n) is 10.7. The number of hydrogen-bond acceptors (Lipinski definition) is 8. The van der Waals surface area contributed by atoms with Crippen LogP contribution in [0, 0.1) is 13.8 Å². The third-order valence-electron chi connectivity index (χ3n) is 5.04. The Morgan fingerprint density at radius 2 is 1.71 bits per heavy atom. The van der Waals surface area contributed by atoms with E-state index in [2.05, 4.69) is 10.3 Å². The van der Waals surface area contributed by atoms with Gasteiger partial charge in [0.1, 0.15) is 6.61 Å². The average Bonchev–Trinajstić information content (AvgIpc) is 3.26. The quantitative estimate of drug-likeness (QED) is 0.447. The fraction of sp³-hybridized carbons (Fsp3) is 0.280. The molecular weight excluding hydrogens is 470 g/mol. The number of aromatic nitrogens is 1. The van der Waals surface area contributed by atoms with Gasteiger partial charge in [-0.15, -0.1) is 11.3 Å². The number of nitrogens with one attached hydrogen (secondary N) is 1. The molecule has 3 rings (SSSR count). The van der Waals surface area contributed by atoms with Gasteiger partial charge in [-0.2, -0.15) is 0 Å². The van der Waals surface area contributed by atoms with Crippen molar-refractivity contribution in [3.63, 3.8) is 0 Å². The molecule has 1 heterocycles. The minimum absolute atomic E-state index is 0.106. The van der Waals surface area contributed by atoms with E-state index < -0.39 is 5.97 Å². The lowest BCUT2D eigenvalue weighted by Gasteiger charge is -2.20. The number of carbonyl (C=O) groups excluding carboxylic acids is 3. The highest BCUT2D eigenvalue weighted by Gasteiger charge is 2.22. The molecule has 3 aromatic rings. The Morgan fingerprint density at radius 1 is 1.03 bits per heavy atom. The first-order chi connectivity index (χ1) is 16.6. The van der Waals surface area contributed by atoms with Gasteiger partial charge in [-0.05, 0) is 25.5 Å². The largest absolute Gasteiger partial charge is 0.493 e. The van der Waals surface area contributed by atoms with E-state index in [1.807, 2.05) is 32.0 Å². The number of rotatable bonds is 8. The molecule has 35 heavy (non-hydrogen) atoms. The minimum atomic E-state index is -0.679. The average molecular weight is 498 g/mol. The number of hydrogen-bond donors (Lipinski definition) is 1. The van der Waals surface area contributed by atoms with E-state index in [4.69, 9.17) is 14.2 Å². The van der Waals surface area contributed by atoms with E-state index in [0.29, 0.717) is 22.3 Å². The Morgan fingerprint density at radius 3 is 2.31 bits per heavy atom. The van der Waals surface area contributed by atoms with Crippen LogP contribution in [0.5, 0.6) is 11.5 Å². The Bertz CT molecular complexity index is 1270. The lowest BCUT2D eigenvalue weighted by Crippen LogP contribution is -2.23. The number of carbonyl (C=O) groups is 3. The zero-order valence-corrected chi connectivity index (χ0v) is 21.2. The third-order valence-corrected chi connectivity index (χ3v) is 5.92.